The zero-order valence-electron chi connectivity index (χ0n) is 10.7. The molecule has 0 aromatic carbocycles. The summed E-state index contributed by atoms with van der Waals surface area (Å²) < 4.78 is 0. The Morgan fingerprint density at radius 3 is 2.83 bits per heavy atom. The summed E-state index contributed by atoms with van der Waals surface area (Å²) in [5, 5.41) is 9.08. The van der Waals surface area contributed by atoms with Crippen LogP contribution in [0.1, 0.15) is 31.4 Å². The fourth-order valence-electron chi connectivity index (χ4n) is 2.80. The van der Waals surface area contributed by atoms with Crippen molar-refractivity contribution in [2.75, 3.05) is 18.5 Å². The first-order valence-corrected chi connectivity index (χ1v) is 6.42. The van der Waals surface area contributed by atoms with Crippen molar-refractivity contribution >= 4 is 5.82 Å². The van der Waals surface area contributed by atoms with E-state index in [0.29, 0.717) is 30.0 Å². The minimum Gasteiger partial charge on any atom is -0.354 e. The second-order valence-electron chi connectivity index (χ2n) is 4.80. The Bertz CT molecular complexity index is 439. The van der Waals surface area contributed by atoms with Gasteiger partial charge in [-0.1, -0.05) is 12.8 Å². The Morgan fingerprint density at radius 1 is 1.39 bits per heavy atom. The SMILES string of the molecule is CN(c1nccnc1C#N)C1CCCCC1CN. The number of anilines is 1. The maximum absolute atomic E-state index is 9.08. The molecule has 1 aliphatic carbocycles. The molecule has 0 saturated heterocycles. The quantitative estimate of drug-likeness (QED) is 0.868. The molecule has 1 aromatic rings. The van der Waals surface area contributed by atoms with E-state index in [1.54, 1.807) is 12.4 Å². The Labute approximate surface area is 108 Å². The average molecular weight is 245 g/mol. The summed E-state index contributed by atoms with van der Waals surface area (Å²) in [6, 6.07) is 2.47. The molecule has 2 rings (SSSR count). The van der Waals surface area contributed by atoms with Gasteiger partial charge >= 0.3 is 0 Å². The highest BCUT2D eigenvalue weighted by Crippen LogP contribution is 2.30. The van der Waals surface area contributed by atoms with Gasteiger partial charge in [0.05, 0.1) is 0 Å². The first kappa shape index (κ1) is 12.8. The molecule has 96 valence electrons. The van der Waals surface area contributed by atoms with Gasteiger partial charge in [0.2, 0.25) is 0 Å². The third-order valence-corrected chi connectivity index (χ3v) is 3.79. The topological polar surface area (TPSA) is 78.8 Å². The van der Waals surface area contributed by atoms with Crippen LogP contribution in [0.15, 0.2) is 12.4 Å². The number of hydrogen-bond acceptors (Lipinski definition) is 5. The van der Waals surface area contributed by atoms with Crippen molar-refractivity contribution in [3.05, 3.63) is 18.1 Å². The minimum absolute atomic E-state index is 0.368. The fraction of sp³-hybridized carbons (Fsp3) is 0.615. The molecule has 0 radical (unpaired) electrons. The van der Waals surface area contributed by atoms with Gasteiger partial charge in [-0.3, -0.25) is 0 Å². The smallest absolute Gasteiger partial charge is 0.183 e. The molecule has 5 heteroatoms. The van der Waals surface area contributed by atoms with Gasteiger partial charge < -0.3 is 10.6 Å². The van der Waals surface area contributed by atoms with E-state index in [-0.39, 0.29) is 0 Å². The van der Waals surface area contributed by atoms with Crippen molar-refractivity contribution in [3.8, 4) is 6.07 Å². The van der Waals surface area contributed by atoms with Crippen LogP contribution >= 0.6 is 0 Å². The molecule has 1 aromatic heterocycles. The molecule has 2 unspecified atom stereocenters. The maximum atomic E-state index is 9.08. The second kappa shape index (κ2) is 5.78. The van der Waals surface area contributed by atoms with Gasteiger partial charge in [-0.05, 0) is 25.3 Å². The lowest BCUT2D eigenvalue weighted by Gasteiger charge is -2.38. The largest absolute Gasteiger partial charge is 0.354 e. The van der Waals surface area contributed by atoms with Crippen molar-refractivity contribution in [1.29, 1.82) is 5.26 Å². The van der Waals surface area contributed by atoms with Gasteiger partial charge in [-0.25, -0.2) is 9.97 Å². The lowest BCUT2D eigenvalue weighted by atomic mass is 9.83. The highest BCUT2D eigenvalue weighted by atomic mass is 15.2. The molecule has 1 fully saturated rings. The number of hydrogen-bond donors (Lipinski definition) is 1. The lowest BCUT2D eigenvalue weighted by molar-refractivity contribution is 0.305. The maximum Gasteiger partial charge on any atom is 0.183 e. The number of nitriles is 1. The van der Waals surface area contributed by atoms with Gasteiger partial charge in [-0.2, -0.15) is 5.26 Å². The minimum atomic E-state index is 0.368. The lowest BCUT2D eigenvalue weighted by Crippen LogP contribution is -2.43. The van der Waals surface area contributed by atoms with Crippen molar-refractivity contribution < 1.29 is 0 Å². The molecule has 18 heavy (non-hydrogen) atoms. The van der Waals surface area contributed by atoms with Crippen LogP contribution < -0.4 is 10.6 Å². The first-order valence-electron chi connectivity index (χ1n) is 6.42. The molecule has 5 nitrogen and oxygen atoms in total. The number of aromatic nitrogens is 2. The van der Waals surface area contributed by atoms with E-state index in [0.717, 1.165) is 12.8 Å². The molecule has 0 spiro atoms. The van der Waals surface area contributed by atoms with Crippen molar-refractivity contribution in [1.82, 2.24) is 9.97 Å². The molecule has 1 aliphatic rings. The summed E-state index contributed by atoms with van der Waals surface area (Å²) in [6.45, 7) is 0.692. The molecule has 1 saturated carbocycles. The average Bonchev–Trinajstić information content (AvgIpc) is 2.46. The van der Waals surface area contributed by atoms with E-state index in [1.807, 2.05) is 7.05 Å². The van der Waals surface area contributed by atoms with Gasteiger partial charge in [0.15, 0.2) is 11.5 Å². The molecule has 2 atom stereocenters. The second-order valence-corrected chi connectivity index (χ2v) is 4.80. The summed E-state index contributed by atoms with van der Waals surface area (Å²) in [5.41, 5.74) is 6.24. The van der Waals surface area contributed by atoms with Crippen LogP contribution in [-0.4, -0.2) is 29.6 Å². The standard InChI is InChI=1S/C13H19N5/c1-18(12-5-3-2-4-10(12)8-14)13-11(9-15)16-6-7-17-13/h6-7,10,12H,2-5,8,14H2,1H3. The first-order chi connectivity index (χ1) is 8.77. The Morgan fingerprint density at radius 2 is 2.11 bits per heavy atom. The van der Waals surface area contributed by atoms with E-state index in [9.17, 15) is 0 Å². The van der Waals surface area contributed by atoms with Gasteiger partial charge in [0.1, 0.15) is 6.07 Å². The predicted molar refractivity (Wildman–Crippen MR) is 70.0 cm³/mol. The van der Waals surface area contributed by atoms with Crippen molar-refractivity contribution in [3.63, 3.8) is 0 Å². The van der Waals surface area contributed by atoms with E-state index in [4.69, 9.17) is 11.0 Å². The monoisotopic (exact) mass is 245 g/mol. The molecule has 2 N–H and O–H groups in total. The van der Waals surface area contributed by atoms with E-state index >= 15 is 0 Å². The molecular formula is C13H19N5. The predicted octanol–water partition coefficient (Wildman–Crippen LogP) is 1.30. The zero-order chi connectivity index (χ0) is 13.0. The Balaban J connectivity index is 2.24. The summed E-state index contributed by atoms with van der Waals surface area (Å²) in [5.74, 6) is 1.16. The van der Waals surface area contributed by atoms with Crippen LogP contribution in [0.3, 0.4) is 0 Å². The van der Waals surface area contributed by atoms with E-state index in [2.05, 4.69) is 20.9 Å². The normalized spacial score (nSPS) is 23.4. The fourth-order valence-corrected chi connectivity index (χ4v) is 2.80. The van der Waals surface area contributed by atoms with Crippen LogP contribution in [0, 0.1) is 17.2 Å². The van der Waals surface area contributed by atoms with Crippen LogP contribution in [0.25, 0.3) is 0 Å². The third kappa shape index (κ3) is 2.44. The molecule has 0 aliphatic heterocycles. The number of rotatable bonds is 3. The third-order valence-electron chi connectivity index (χ3n) is 3.79. The summed E-state index contributed by atoms with van der Waals surface area (Å²) in [7, 11) is 1.99. The van der Waals surface area contributed by atoms with Crippen molar-refractivity contribution in [2.24, 2.45) is 11.7 Å². The van der Waals surface area contributed by atoms with Crippen molar-refractivity contribution in [2.45, 2.75) is 31.7 Å². The summed E-state index contributed by atoms with van der Waals surface area (Å²) in [4.78, 5) is 10.4. The number of nitrogens with two attached hydrogens (primary N) is 1. The molecular weight excluding hydrogens is 226 g/mol. The molecule has 0 amide bonds. The summed E-state index contributed by atoms with van der Waals surface area (Å²) in [6.07, 6.45) is 7.92. The Kier molecular flexibility index (Phi) is 4.11. The van der Waals surface area contributed by atoms with Crippen LogP contribution in [0.5, 0.6) is 0 Å². The van der Waals surface area contributed by atoms with Gasteiger partial charge in [0.25, 0.3) is 0 Å². The van der Waals surface area contributed by atoms with Gasteiger partial charge in [-0.15, -0.1) is 0 Å². The summed E-state index contributed by atoms with van der Waals surface area (Å²) >= 11 is 0. The van der Waals surface area contributed by atoms with E-state index in [1.165, 1.54) is 12.8 Å². The van der Waals surface area contributed by atoms with E-state index < -0.39 is 0 Å². The zero-order valence-corrected chi connectivity index (χ0v) is 10.7. The van der Waals surface area contributed by atoms with Crippen LogP contribution in [0.4, 0.5) is 5.82 Å². The highest BCUT2D eigenvalue weighted by molar-refractivity contribution is 5.49. The molecule has 0 bridgehead atoms. The molecule has 1 heterocycles. The number of nitrogens with zero attached hydrogens (tertiary/aromatic N) is 4. The highest BCUT2D eigenvalue weighted by Gasteiger charge is 2.29. The van der Waals surface area contributed by atoms with Crippen LogP contribution in [0.2, 0.25) is 0 Å². The Hall–Kier alpha value is -1.67. The van der Waals surface area contributed by atoms with Crippen LogP contribution in [-0.2, 0) is 0 Å². The van der Waals surface area contributed by atoms with Gasteiger partial charge in [0, 0.05) is 25.5 Å².